The lowest BCUT2D eigenvalue weighted by molar-refractivity contribution is 0.0531. The number of benzene rings is 1. The summed E-state index contributed by atoms with van der Waals surface area (Å²) in [6.07, 6.45) is -0.300. The largest absolute Gasteiger partial charge is 0.489 e. The molecule has 0 fully saturated rings. The number of carboxylic acid groups (broad SMARTS) is 1. The van der Waals surface area contributed by atoms with Gasteiger partial charge in [-0.3, -0.25) is 0 Å². The summed E-state index contributed by atoms with van der Waals surface area (Å²) in [7, 11) is 0. The molecule has 0 radical (unpaired) electrons. The molecule has 0 unspecified atom stereocenters. The van der Waals surface area contributed by atoms with Crippen LogP contribution in [-0.2, 0) is 4.74 Å². The van der Waals surface area contributed by atoms with Crippen molar-refractivity contribution in [2.45, 2.75) is 26.4 Å². The number of carboxylic acids is 1. The minimum absolute atomic E-state index is 0.0569. The van der Waals surface area contributed by atoms with E-state index in [1.54, 1.807) is 20.8 Å². The molecular formula is C16H20FNO5. The molecule has 0 heterocycles. The van der Waals surface area contributed by atoms with Crippen LogP contribution in [0.25, 0.3) is 0 Å². The Balaban J connectivity index is 2.45. The number of aromatic carboxylic acids is 1. The fourth-order valence-electron chi connectivity index (χ4n) is 1.49. The fraction of sp³-hybridized carbons (Fsp3) is 0.375. The maximum atomic E-state index is 12.8. The van der Waals surface area contributed by atoms with E-state index in [1.807, 2.05) is 0 Å². The van der Waals surface area contributed by atoms with Crippen LogP contribution in [0.2, 0.25) is 0 Å². The molecule has 0 aliphatic carbocycles. The van der Waals surface area contributed by atoms with Gasteiger partial charge in [0.15, 0.2) is 0 Å². The molecule has 6 nitrogen and oxygen atoms in total. The van der Waals surface area contributed by atoms with Gasteiger partial charge in [-0.2, -0.15) is 0 Å². The molecule has 0 atom stereocenters. The highest BCUT2D eigenvalue weighted by Gasteiger charge is 2.16. The molecule has 0 aliphatic rings. The SMILES string of the molecule is CC(C)(C)OC(=O)NC/C(=C\F)COc1ccc(C(=O)O)cc1. The highest BCUT2D eigenvalue weighted by Crippen LogP contribution is 2.13. The number of ether oxygens (including phenoxy) is 2. The van der Waals surface area contributed by atoms with Gasteiger partial charge in [-0.05, 0) is 45.0 Å². The average molecular weight is 325 g/mol. The molecule has 7 heteroatoms. The third-order valence-electron chi connectivity index (χ3n) is 2.54. The second kappa shape index (κ2) is 8.17. The van der Waals surface area contributed by atoms with Crippen molar-refractivity contribution in [3.63, 3.8) is 0 Å². The lowest BCUT2D eigenvalue weighted by Gasteiger charge is -2.20. The summed E-state index contributed by atoms with van der Waals surface area (Å²) < 4.78 is 23.2. The van der Waals surface area contributed by atoms with E-state index in [9.17, 15) is 14.0 Å². The minimum Gasteiger partial charge on any atom is -0.489 e. The molecule has 23 heavy (non-hydrogen) atoms. The van der Waals surface area contributed by atoms with Crippen LogP contribution in [0.15, 0.2) is 36.2 Å². The standard InChI is InChI=1S/C16H20FNO5/c1-16(2,3)23-15(21)18-9-11(8-17)10-22-13-6-4-12(5-7-13)14(19)20/h4-8H,9-10H2,1-3H3,(H,18,21)(H,19,20)/b11-8+. The maximum Gasteiger partial charge on any atom is 0.407 e. The molecule has 0 aliphatic heterocycles. The van der Waals surface area contributed by atoms with Gasteiger partial charge in [-0.15, -0.1) is 0 Å². The highest BCUT2D eigenvalue weighted by atomic mass is 19.1. The summed E-state index contributed by atoms with van der Waals surface area (Å²) in [6, 6.07) is 5.71. The predicted octanol–water partition coefficient (Wildman–Crippen LogP) is 3.14. The summed E-state index contributed by atoms with van der Waals surface area (Å²) >= 11 is 0. The van der Waals surface area contributed by atoms with Crippen LogP contribution in [0.3, 0.4) is 0 Å². The fourth-order valence-corrected chi connectivity index (χ4v) is 1.49. The monoisotopic (exact) mass is 325 g/mol. The molecule has 1 amide bonds. The summed E-state index contributed by atoms with van der Waals surface area (Å²) in [5.74, 6) is -0.644. The Hall–Kier alpha value is -2.57. The van der Waals surface area contributed by atoms with Gasteiger partial charge in [0, 0.05) is 12.1 Å². The highest BCUT2D eigenvalue weighted by molar-refractivity contribution is 5.87. The maximum absolute atomic E-state index is 12.8. The molecule has 2 N–H and O–H groups in total. The van der Waals surface area contributed by atoms with Gasteiger partial charge in [0.2, 0.25) is 0 Å². The lowest BCUT2D eigenvalue weighted by Crippen LogP contribution is -2.34. The normalized spacial score (nSPS) is 11.7. The van der Waals surface area contributed by atoms with Crippen LogP contribution >= 0.6 is 0 Å². The van der Waals surface area contributed by atoms with Crippen LogP contribution in [0.1, 0.15) is 31.1 Å². The van der Waals surface area contributed by atoms with E-state index in [2.05, 4.69) is 5.32 Å². The summed E-state index contributed by atoms with van der Waals surface area (Å²) in [6.45, 7) is 5.03. The van der Waals surface area contributed by atoms with E-state index in [4.69, 9.17) is 14.6 Å². The number of halogens is 1. The number of alkyl carbamates (subject to hydrolysis) is 1. The number of rotatable bonds is 6. The summed E-state index contributed by atoms with van der Waals surface area (Å²) in [5, 5.41) is 11.2. The molecule has 0 saturated heterocycles. The summed E-state index contributed by atoms with van der Waals surface area (Å²) in [4.78, 5) is 22.2. The number of carbonyl (C=O) groups is 2. The van der Waals surface area contributed by atoms with Crippen molar-refractivity contribution in [3.8, 4) is 5.75 Å². The number of amides is 1. The molecular weight excluding hydrogens is 305 g/mol. The molecule has 0 spiro atoms. The Kier molecular flexibility index (Phi) is 6.56. The Labute approximate surface area is 133 Å². The van der Waals surface area contributed by atoms with Crippen molar-refractivity contribution in [3.05, 3.63) is 41.7 Å². The van der Waals surface area contributed by atoms with Gasteiger partial charge >= 0.3 is 12.1 Å². The first-order valence-corrected chi connectivity index (χ1v) is 6.92. The second-order valence-electron chi connectivity index (χ2n) is 5.74. The summed E-state index contributed by atoms with van der Waals surface area (Å²) in [5.41, 5.74) is -0.296. The number of hydrogen-bond acceptors (Lipinski definition) is 4. The van der Waals surface area contributed by atoms with Crippen LogP contribution in [0.4, 0.5) is 9.18 Å². The Bertz CT molecular complexity index is 575. The topological polar surface area (TPSA) is 84.9 Å². The van der Waals surface area contributed by atoms with Crippen molar-refractivity contribution in [1.82, 2.24) is 5.32 Å². The quantitative estimate of drug-likeness (QED) is 0.839. The molecule has 1 aromatic carbocycles. The van der Waals surface area contributed by atoms with Gasteiger partial charge in [-0.25, -0.2) is 14.0 Å². The van der Waals surface area contributed by atoms with Gasteiger partial charge < -0.3 is 19.9 Å². The van der Waals surface area contributed by atoms with E-state index in [0.717, 1.165) is 0 Å². The van der Waals surface area contributed by atoms with Gasteiger partial charge in [0.05, 0.1) is 11.9 Å². The number of nitrogens with one attached hydrogen (secondary N) is 1. The molecule has 1 rings (SSSR count). The number of carbonyl (C=O) groups excluding carboxylic acids is 1. The van der Waals surface area contributed by atoms with E-state index in [-0.39, 0.29) is 24.3 Å². The van der Waals surface area contributed by atoms with Crippen molar-refractivity contribution in [1.29, 1.82) is 0 Å². The zero-order valence-electron chi connectivity index (χ0n) is 13.3. The van der Waals surface area contributed by atoms with Crippen LogP contribution < -0.4 is 10.1 Å². The van der Waals surface area contributed by atoms with Crippen LogP contribution in [0.5, 0.6) is 5.75 Å². The first-order chi connectivity index (χ1) is 10.7. The molecule has 0 saturated carbocycles. The van der Waals surface area contributed by atoms with Crippen molar-refractivity contribution < 1.29 is 28.6 Å². The van der Waals surface area contributed by atoms with Gasteiger partial charge in [0.1, 0.15) is 18.0 Å². The predicted molar refractivity (Wildman–Crippen MR) is 82.3 cm³/mol. The Morgan fingerprint density at radius 1 is 1.26 bits per heavy atom. The molecule has 126 valence electrons. The van der Waals surface area contributed by atoms with Gasteiger partial charge in [0.25, 0.3) is 0 Å². The smallest absolute Gasteiger partial charge is 0.407 e. The van der Waals surface area contributed by atoms with E-state index in [1.165, 1.54) is 24.3 Å². The molecule has 0 bridgehead atoms. The third-order valence-corrected chi connectivity index (χ3v) is 2.54. The van der Waals surface area contributed by atoms with E-state index >= 15 is 0 Å². The second-order valence-corrected chi connectivity index (χ2v) is 5.74. The number of hydrogen-bond donors (Lipinski definition) is 2. The van der Waals surface area contributed by atoms with Gasteiger partial charge in [-0.1, -0.05) is 0 Å². The van der Waals surface area contributed by atoms with Crippen molar-refractivity contribution >= 4 is 12.1 Å². The Morgan fingerprint density at radius 2 is 1.87 bits per heavy atom. The molecule has 0 aromatic heterocycles. The van der Waals surface area contributed by atoms with E-state index in [0.29, 0.717) is 12.1 Å². The average Bonchev–Trinajstić information content (AvgIpc) is 2.46. The van der Waals surface area contributed by atoms with Crippen molar-refractivity contribution in [2.75, 3.05) is 13.2 Å². The first-order valence-electron chi connectivity index (χ1n) is 6.92. The lowest BCUT2D eigenvalue weighted by atomic mass is 10.2. The zero-order valence-corrected chi connectivity index (χ0v) is 13.3. The first kappa shape index (κ1) is 18.5. The third kappa shape index (κ3) is 7.30. The molecule has 1 aromatic rings. The minimum atomic E-state index is -1.04. The zero-order chi connectivity index (χ0) is 17.5. The van der Waals surface area contributed by atoms with E-state index < -0.39 is 17.7 Å². The van der Waals surface area contributed by atoms with Crippen molar-refractivity contribution in [2.24, 2.45) is 0 Å². The van der Waals surface area contributed by atoms with Crippen LogP contribution in [0, 0.1) is 0 Å². The Morgan fingerprint density at radius 3 is 2.35 bits per heavy atom. The van der Waals surface area contributed by atoms with Crippen LogP contribution in [-0.4, -0.2) is 35.9 Å².